The predicted octanol–water partition coefficient (Wildman–Crippen LogP) is 3.61. The van der Waals surface area contributed by atoms with Gasteiger partial charge in [0.05, 0.1) is 4.90 Å². The molecule has 0 atom stereocenters. The summed E-state index contributed by atoms with van der Waals surface area (Å²) < 4.78 is 27.0. The van der Waals surface area contributed by atoms with Gasteiger partial charge < -0.3 is 0 Å². The standard InChI is InChI=1S/C12H17BrClNO2S/c1-4-15(9(2)3)18(16,17)12-6-5-10(8-14)7-11(12)13/h5-7,9H,4,8H2,1-3H3. The first kappa shape index (κ1) is 16.0. The van der Waals surface area contributed by atoms with E-state index in [2.05, 4.69) is 15.9 Å². The molecule has 0 fully saturated rings. The Labute approximate surface area is 122 Å². The molecule has 1 aromatic rings. The van der Waals surface area contributed by atoms with Gasteiger partial charge in [-0.25, -0.2) is 8.42 Å². The van der Waals surface area contributed by atoms with Crippen molar-refractivity contribution in [2.45, 2.75) is 37.6 Å². The average Bonchev–Trinajstić information content (AvgIpc) is 2.28. The fraction of sp³-hybridized carbons (Fsp3) is 0.500. The molecule has 102 valence electrons. The molecule has 0 N–H and O–H groups in total. The lowest BCUT2D eigenvalue weighted by molar-refractivity contribution is 0.369. The minimum absolute atomic E-state index is 0.0698. The first-order valence-electron chi connectivity index (χ1n) is 5.70. The summed E-state index contributed by atoms with van der Waals surface area (Å²) in [5.74, 6) is 0.362. The van der Waals surface area contributed by atoms with Crippen molar-refractivity contribution in [2.24, 2.45) is 0 Å². The highest BCUT2D eigenvalue weighted by molar-refractivity contribution is 9.10. The molecule has 1 rings (SSSR count). The van der Waals surface area contributed by atoms with Crippen LogP contribution in [0.1, 0.15) is 26.3 Å². The average molecular weight is 355 g/mol. The molecule has 0 unspecified atom stereocenters. The van der Waals surface area contributed by atoms with Crippen molar-refractivity contribution in [3.05, 3.63) is 28.2 Å². The van der Waals surface area contributed by atoms with Crippen molar-refractivity contribution < 1.29 is 8.42 Å². The molecule has 0 aromatic heterocycles. The van der Waals surface area contributed by atoms with Crippen LogP contribution in [0, 0.1) is 0 Å². The van der Waals surface area contributed by atoms with Gasteiger partial charge in [0.15, 0.2) is 0 Å². The second kappa shape index (κ2) is 6.37. The van der Waals surface area contributed by atoms with Crippen molar-refractivity contribution in [2.75, 3.05) is 6.54 Å². The van der Waals surface area contributed by atoms with Crippen LogP contribution in [-0.2, 0) is 15.9 Å². The number of hydrogen-bond donors (Lipinski definition) is 0. The van der Waals surface area contributed by atoms with Crippen molar-refractivity contribution in [1.29, 1.82) is 0 Å². The molecule has 0 amide bonds. The Morgan fingerprint density at radius 1 is 1.39 bits per heavy atom. The van der Waals surface area contributed by atoms with Crippen LogP contribution in [0.4, 0.5) is 0 Å². The number of nitrogens with zero attached hydrogens (tertiary/aromatic N) is 1. The van der Waals surface area contributed by atoms with Gasteiger partial charge in [-0.2, -0.15) is 4.31 Å². The summed E-state index contributed by atoms with van der Waals surface area (Å²) in [6.07, 6.45) is 0. The van der Waals surface area contributed by atoms with E-state index in [4.69, 9.17) is 11.6 Å². The molecule has 0 saturated heterocycles. The second-order valence-corrected chi connectivity index (χ2v) is 7.18. The third-order valence-corrected chi connectivity index (χ3v) is 6.06. The predicted molar refractivity (Wildman–Crippen MR) is 78.4 cm³/mol. The maximum Gasteiger partial charge on any atom is 0.244 e. The Kier molecular flexibility index (Phi) is 5.65. The Balaban J connectivity index is 3.28. The molecule has 0 aliphatic carbocycles. The lowest BCUT2D eigenvalue weighted by Gasteiger charge is -2.25. The Bertz CT molecular complexity index is 517. The SMILES string of the molecule is CCN(C(C)C)S(=O)(=O)c1ccc(CCl)cc1Br. The molecule has 0 spiro atoms. The zero-order valence-electron chi connectivity index (χ0n) is 10.7. The van der Waals surface area contributed by atoms with E-state index in [1.165, 1.54) is 4.31 Å². The van der Waals surface area contributed by atoms with Crippen LogP contribution >= 0.6 is 27.5 Å². The molecule has 6 heteroatoms. The van der Waals surface area contributed by atoms with Crippen molar-refractivity contribution in [3.8, 4) is 0 Å². The van der Waals surface area contributed by atoms with Crippen LogP contribution in [0.3, 0.4) is 0 Å². The molecular formula is C12H17BrClNO2S. The second-order valence-electron chi connectivity index (χ2n) is 4.20. The molecule has 0 aliphatic rings. The highest BCUT2D eigenvalue weighted by Crippen LogP contribution is 2.27. The maximum absolute atomic E-state index is 12.5. The summed E-state index contributed by atoms with van der Waals surface area (Å²) in [7, 11) is -3.46. The van der Waals surface area contributed by atoms with Gasteiger partial charge in [-0.15, -0.1) is 11.6 Å². The fourth-order valence-electron chi connectivity index (χ4n) is 1.78. The normalized spacial score (nSPS) is 12.4. The number of sulfonamides is 1. The zero-order valence-corrected chi connectivity index (χ0v) is 13.8. The number of alkyl halides is 1. The van der Waals surface area contributed by atoms with Crippen molar-refractivity contribution in [3.63, 3.8) is 0 Å². The lowest BCUT2D eigenvalue weighted by Crippen LogP contribution is -2.36. The van der Waals surface area contributed by atoms with E-state index in [9.17, 15) is 8.42 Å². The highest BCUT2D eigenvalue weighted by Gasteiger charge is 2.27. The first-order chi connectivity index (χ1) is 8.34. The van der Waals surface area contributed by atoms with E-state index in [-0.39, 0.29) is 10.9 Å². The highest BCUT2D eigenvalue weighted by atomic mass is 79.9. The van der Waals surface area contributed by atoms with Gasteiger partial charge in [0.25, 0.3) is 0 Å². The Hall–Kier alpha value is -0.100. The summed E-state index contributed by atoms with van der Waals surface area (Å²) in [5.41, 5.74) is 0.884. The topological polar surface area (TPSA) is 37.4 Å². The minimum atomic E-state index is -3.46. The Morgan fingerprint density at radius 3 is 2.39 bits per heavy atom. The third kappa shape index (κ3) is 3.26. The van der Waals surface area contributed by atoms with Crippen molar-refractivity contribution >= 4 is 37.6 Å². The van der Waals surface area contributed by atoms with E-state index in [1.54, 1.807) is 18.2 Å². The summed E-state index contributed by atoms with van der Waals surface area (Å²) in [6, 6.07) is 5.01. The zero-order chi connectivity index (χ0) is 13.9. The van der Waals surface area contributed by atoms with Crippen LogP contribution in [-0.4, -0.2) is 25.3 Å². The van der Waals surface area contributed by atoms with Crippen LogP contribution < -0.4 is 0 Å². The third-order valence-electron chi connectivity index (χ3n) is 2.62. The number of benzene rings is 1. The number of rotatable bonds is 5. The monoisotopic (exact) mass is 353 g/mol. The van der Waals surface area contributed by atoms with Gasteiger partial charge in [-0.1, -0.05) is 13.0 Å². The number of hydrogen-bond acceptors (Lipinski definition) is 2. The molecular weight excluding hydrogens is 338 g/mol. The van der Waals surface area contributed by atoms with Gasteiger partial charge in [-0.05, 0) is 47.5 Å². The van der Waals surface area contributed by atoms with E-state index in [0.717, 1.165) is 5.56 Å². The lowest BCUT2D eigenvalue weighted by atomic mass is 10.2. The molecule has 1 aromatic carbocycles. The number of halogens is 2. The molecule has 0 radical (unpaired) electrons. The summed E-state index contributed by atoms with van der Waals surface area (Å²) in [4.78, 5) is 0.284. The van der Waals surface area contributed by atoms with Gasteiger partial charge in [0, 0.05) is 22.9 Å². The summed E-state index contributed by atoms with van der Waals surface area (Å²) in [5, 5.41) is 0. The van der Waals surface area contributed by atoms with Crippen LogP contribution in [0.25, 0.3) is 0 Å². The molecule has 0 heterocycles. The summed E-state index contributed by atoms with van der Waals surface area (Å²) >= 11 is 9.03. The van der Waals surface area contributed by atoms with Gasteiger partial charge >= 0.3 is 0 Å². The fourth-order valence-corrected chi connectivity index (χ4v) is 4.67. The smallest absolute Gasteiger partial charge is 0.207 e. The van der Waals surface area contributed by atoms with Gasteiger partial charge in [-0.3, -0.25) is 0 Å². The van der Waals surface area contributed by atoms with Crippen LogP contribution in [0.2, 0.25) is 0 Å². The van der Waals surface area contributed by atoms with Crippen molar-refractivity contribution in [1.82, 2.24) is 4.31 Å². The largest absolute Gasteiger partial charge is 0.244 e. The molecule has 3 nitrogen and oxygen atoms in total. The van der Waals surface area contributed by atoms with E-state index in [1.807, 2.05) is 20.8 Å². The Morgan fingerprint density at radius 2 is 2.00 bits per heavy atom. The van der Waals surface area contributed by atoms with Gasteiger partial charge in [0.1, 0.15) is 0 Å². The molecule has 0 bridgehead atoms. The summed E-state index contributed by atoms with van der Waals surface area (Å²) in [6.45, 7) is 6.01. The van der Waals surface area contributed by atoms with E-state index >= 15 is 0 Å². The van der Waals surface area contributed by atoms with Crippen LogP contribution in [0.5, 0.6) is 0 Å². The maximum atomic E-state index is 12.5. The van der Waals surface area contributed by atoms with Crippen LogP contribution in [0.15, 0.2) is 27.6 Å². The van der Waals surface area contributed by atoms with Gasteiger partial charge in [0.2, 0.25) is 10.0 Å². The van der Waals surface area contributed by atoms with E-state index in [0.29, 0.717) is 16.9 Å². The minimum Gasteiger partial charge on any atom is -0.207 e. The molecule has 0 aliphatic heterocycles. The molecule has 0 saturated carbocycles. The first-order valence-corrected chi connectivity index (χ1v) is 8.47. The van der Waals surface area contributed by atoms with E-state index < -0.39 is 10.0 Å². The quantitative estimate of drug-likeness (QED) is 0.758. The molecule has 18 heavy (non-hydrogen) atoms.